The van der Waals surface area contributed by atoms with E-state index < -0.39 is 5.41 Å². The van der Waals surface area contributed by atoms with Gasteiger partial charge in [-0.05, 0) is 42.5 Å². The van der Waals surface area contributed by atoms with Gasteiger partial charge < -0.3 is 10.6 Å². The lowest BCUT2D eigenvalue weighted by molar-refractivity contribution is -0.124. The normalized spacial score (nSPS) is 23.7. The highest BCUT2D eigenvalue weighted by atomic mass is 16.2. The van der Waals surface area contributed by atoms with Crippen molar-refractivity contribution in [3.05, 3.63) is 82.3 Å². The lowest BCUT2D eigenvalue weighted by Gasteiger charge is -2.47. The Hall–Kier alpha value is -3.85. The van der Waals surface area contributed by atoms with Gasteiger partial charge in [-0.2, -0.15) is 5.26 Å². The van der Waals surface area contributed by atoms with Crippen molar-refractivity contribution in [1.29, 1.82) is 5.26 Å². The Morgan fingerprint density at radius 1 is 1.06 bits per heavy atom. The fourth-order valence-corrected chi connectivity index (χ4v) is 5.72. The summed E-state index contributed by atoms with van der Waals surface area (Å²) in [4.78, 5) is 31.2. The third-order valence-corrected chi connectivity index (χ3v) is 7.04. The molecule has 2 aromatic carbocycles. The van der Waals surface area contributed by atoms with Gasteiger partial charge in [0.05, 0.1) is 5.57 Å². The molecular weight excluding hydrogens is 412 g/mol. The molecule has 2 N–H and O–H groups in total. The summed E-state index contributed by atoms with van der Waals surface area (Å²) in [6.07, 6.45) is 0.856. The minimum absolute atomic E-state index is 0.109. The number of nitrogens with two attached hydrogens (primary N) is 1. The Balaban J connectivity index is 1.92. The molecule has 0 saturated carbocycles. The summed E-state index contributed by atoms with van der Waals surface area (Å²) < 4.78 is 0. The number of hydrogen-bond donors (Lipinski definition) is 1. The summed E-state index contributed by atoms with van der Waals surface area (Å²) in [5, 5.41) is 10.4. The highest BCUT2D eigenvalue weighted by Gasteiger charge is 2.62. The Morgan fingerprint density at radius 3 is 2.48 bits per heavy atom. The molecule has 5 rings (SSSR count). The van der Waals surface area contributed by atoms with Gasteiger partial charge in [0, 0.05) is 41.7 Å². The number of aryl methyl sites for hydroxylation is 1. The van der Waals surface area contributed by atoms with Gasteiger partial charge in [-0.25, -0.2) is 0 Å². The number of para-hydroxylation sites is 1. The third kappa shape index (κ3) is 2.65. The van der Waals surface area contributed by atoms with Gasteiger partial charge in [0.1, 0.15) is 17.3 Å². The molecule has 3 aliphatic rings. The number of amides is 1. The number of carbonyl (C=O) groups is 2. The van der Waals surface area contributed by atoms with Crippen LogP contribution < -0.4 is 15.5 Å². The lowest BCUT2D eigenvalue weighted by Crippen LogP contribution is -2.53. The van der Waals surface area contributed by atoms with Crippen molar-refractivity contribution in [1.82, 2.24) is 0 Å². The molecule has 1 amide bonds. The molecule has 2 aromatic rings. The second-order valence-electron chi connectivity index (χ2n) is 9.94. The van der Waals surface area contributed by atoms with E-state index in [0.717, 1.165) is 11.3 Å². The highest BCUT2D eigenvalue weighted by molar-refractivity contribution is 6.20. The van der Waals surface area contributed by atoms with Gasteiger partial charge in [-0.1, -0.05) is 44.2 Å². The van der Waals surface area contributed by atoms with Crippen LogP contribution in [0.5, 0.6) is 0 Å². The number of hydrogen-bond acceptors (Lipinski definition) is 5. The molecule has 0 fully saturated rings. The molecule has 2 heterocycles. The minimum atomic E-state index is -1.52. The molecule has 0 unspecified atom stereocenters. The van der Waals surface area contributed by atoms with Gasteiger partial charge in [0.25, 0.3) is 0 Å². The predicted molar refractivity (Wildman–Crippen MR) is 127 cm³/mol. The number of nitriles is 1. The second-order valence-corrected chi connectivity index (χ2v) is 9.94. The minimum Gasteiger partial charge on any atom is -0.384 e. The quantitative estimate of drug-likeness (QED) is 0.725. The van der Waals surface area contributed by atoms with Gasteiger partial charge in [-0.15, -0.1) is 0 Å². The van der Waals surface area contributed by atoms with E-state index in [-0.39, 0.29) is 28.5 Å². The molecule has 6 heteroatoms. The maximum absolute atomic E-state index is 14.0. The maximum Gasteiger partial charge on any atom is 0.247 e. The molecule has 6 nitrogen and oxygen atoms in total. The van der Waals surface area contributed by atoms with Crippen molar-refractivity contribution in [3.63, 3.8) is 0 Å². The molecule has 0 bridgehead atoms. The zero-order chi connectivity index (χ0) is 23.7. The van der Waals surface area contributed by atoms with Crippen molar-refractivity contribution in [2.24, 2.45) is 11.1 Å². The van der Waals surface area contributed by atoms with Crippen LogP contribution in [-0.4, -0.2) is 18.7 Å². The van der Waals surface area contributed by atoms with Gasteiger partial charge in [-0.3, -0.25) is 14.5 Å². The number of anilines is 2. The Labute approximate surface area is 193 Å². The van der Waals surface area contributed by atoms with Crippen LogP contribution in [-0.2, 0) is 15.0 Å². The number of nitrogens with zero attached hydrogens (tertiary/aromatic N) is 3. The summed E-state index contributed by atoms with van der Waals surface area (Å²) in [6, 6.07) is 17.4. The van der Waals surface area contributed by atoms with Crippen LogP contribution in [0.25, 0.3) is 0 Å². The van der Waals surface area contributed by atoms with Crippen molar-refractivity contribution in [3.8, 4) is 6.07 Å². The van der Waals surface area contributed by atoms with Gasteiger partial charge in [0.2, 0.25) is 5.91 Å². The average Bonchev–Trinajstić information content (AvgIpc) is 2.96. The van der Waals surface area contributed by atoms with E-state index >= 15 is 0 Å². The molecular formula is C27H26N4O2. The summed E-state index contributed by atoms with van der Waals surface area (Å²) in [5.41, 5.74) is 9.25. The van der Waals surface area contributed by atoms with E-state index in [1.807, 2.05) is 74.2 Å². The largest absolute Gasteiger partial charge is 0.384 e. The standard InChI is InChI=1S/C27H26N4O2/c1-16-8-7-9-17(12-16)31-21-13-26(2,3)14-22(32)23(21)27(19(15-28)24(31)29)18-10-5-6-11-20(18)30(4)25(27)33/h5-12H,13-14,29H2,1-4H3/t27-/m1/s1. The molecule has 1 spiro atoms. The number of allylic oxidation sites excluding steroid dienone is 1. The van der Waals surface area contributed by atoms with E-state index in [1.54, 1.807) is 11.9 Å². The van der Waals surface area contributed by atoms with Crippen LogP contribution in [0.4, 0.5) is 11.4 Å². The first-order valence-corrected chi connectivity index (χ1v) is 11.0. The number of rotatable bonds is 1. The zero-order valence-electron chi connectivity index (χ0n) is 19.3. The van der Waals surface area contributed by atoms with E-state index in [2.05, 4.69) is 6.07 Å². The molecule has 166 valence electrons. The predicted octanol–water partition coefficient (Wildman–Crippen LogP) is 4.07. The molecule has 33 heavy (non-hydrogen) atoms. The monoisotopic (exact) mass is 438 g/mol. The first-order chi connectivity index (χ1) is 15.6. The number of likely N-dealkylation sites (N-methyl/N-ethyl adjacent to an activating group) is 1. The van der Waals surface area contributed by atoms with Crippen LogP contribution in [0.1, 0.15) is 37.8 Å². The molecule has 1 atom stereocenters. The summed E-state index contributed by atoms with van der Waals surface area (Å²) >= 11 is 0. The van der Waals surface area contributed by atoms with Crippen molar-refractivity contribution < 1.29 is 9.59 Å². The van der Waals surface area contributed by atoms with Crippen molar-refractivity contribution in [2.45, 2.75) is 39.0 Å². The average molecular weight is 439 g/mol. The van der Waals surface area contributed by atoms with Gasteiger partial charge >= 0.3 is 0 Å². The molecule has 0 aromatic heterocycles. The highest BCUT2D eigenvalue weighted by Crippen LogP contribution is 2.58. The van der Waals surface area contributed by atoms with Crippen LogP contribution in [0.2, 0.25) is 0 Å². The fraction of sp³-hybridized carbons (Fsp3) is 0.296. The van der Waals surface area contributed by atoms with Crippen LogP contribution in [0, 0.1) is 23.7 Å². The maximum atomic E-state index is 14.0. The molecule has 0 radical (unpaired) electrons. The SMILES string of the molecule is Cc1cccc(N2C(N)=C(C#N)[C@@]3(C(=O)N(C)c4ccccc43)C3=C2CC(C)(C)CC3=O)c1. The van der Waals surface area contributed by atoms with E-state index in [1.165, 1.54) is 0 Å². The van der Waals surface area contributed by atoms with Gasteiger partial charge in [0.15, 0.2) is 5.78 Å². The summed E-state index contributed by atoms with van der Waals surface area (Å²) in [6.45, 7) is 6.08. The topological polar surface area (TPSA) is 90.4 Å². The molecule has 0 saturated heterocycles. The molecule has 2 aliphatic heterocycles. The third-order valence-electron chi connectivity index (χ3n) is 7.04. The van der Waals surface area contributed by atoms with E-state index in [0.29, 0.717) is 35.4 Å². The van der Waals surface area contributed by atoms with Crippen LogP contribution in [0.15, 0.2) is 71.2 Å². The summed E-state index contributed by atoms with van der Waals surface area (Å²) in [5.74, 6) is -0.226. The molecule has 1 aliphatic carbocycles. The first-order valence-electron chi connectivity index (χ1n) is 11.0. The number of ketones is 1. The number of fused-ring (bicyclic) bond motifs is 3. The van der Waals surface area contributed by atoms with Crippen LogP contribution in [0.3, 0.4) is 0 Å². The Bertz CT molecular complexity index is 1340. The zero-order valence-corrected chi connectivity index (χ0v) is 19.3. The van der Waals surface area contributed by atoms with E-state index in [9.17, 15) is 14.9 Å². The van der Waals surface area contributed by atoms with Crippen molar-refractivity contribution >= 4 is 23.1 Å². The van der Waals surface area contributed by atoms with Crippen LogP contribution >= 0.6 is 0 Å². The Kier molecular flexibility index (Phi) is 4.35. The Morgan fingerprint density at radius 2 is 1.79 bits per heavy atom. The second kappa shape index (κ2) is 6.82. The number of Topliss-reactive ketones (excluding diaryl/α,β-unsaturated/α-hetero) is 1. The van der Waals surface area contributed by atoms with E-state index in [4.69, 9.17) is 5.73 Å². The number of carbonyl (C=O) groups excluding carboxylic acids is 2. The fourth-order valence-electron chi connectivity index (χ4n) is 5.72. The lowest BCUT2D eigenvalue weighted by atomic mass is 9.60. The smallest absolute Gasteiger partial charge is 0.247 e. The first kappa shape index (κ1) is 21.0. The number of benzene rings is 2. The van der Waals surface area contributed by atoms with Crippen molar-refractivity contribution in [2.75, 3.05) is 16.8 Å². The summed E-state index contributed by atoms with van der Waals surface area (Å²) in [7, 11) is 1.69.